The summed E-state index contributed by atoms with van der Waals surface area (Å²) in [7, 11) is -6.37. The Bertz CT molecular complexity index is 1730. The van der Waals surface area contributed by atoms with E-state index in [0.29, 0.717) is 6.61 Å². The van der Waals surface area contributed by atoms with Crippen LogP contribution < -0.4 is 16.0 Å². The van der Waals surface area contributed by atoms with Crippen LogP contribution in [0, 0.1) is 5.92 Å². The number of rotatable bonds is 17. The predicted molar refractivity (Wildman–Crippen MR) is 203 cm³/mol. The SMILES string of the molecule is CC(C)(C)OC(=O)Nc1nc(/C(=N/OC(C)(C)C(=O)OC(C)(C)C)C(=O)N[C@@H]2C(=O)N(S(=O)(=O)O)[C@@H]2C[C@@H]2CC(COCOCC[Si](C)(C)C)NC2=O)cs1. The number of anilines is 1. The van der Waals surface area contributed by atoms with Crippen molar-refractivity contribution in [3.05, 3.63) is 11.1 Å². The van der Waals surface area contributed by atoms with Crippen LogP contribution in [0.15, 0.2) is 10.5 Å². The van der Waals surface area contributed by atoms with E-state index >= 15 is 0 Å². The summed E-state index contributed by atoms with van der Waals surface area (Å²) in [6, 6.07) is -2.38. The highest BCUT2D eigenvalue weighted by Gasteiger charge is 2.55. The third kappa shape index (κ3) is 14.1. The van der Waals surface area contributed by atoms with Crippen LogP contribution in [0.3, 0.4) is 0 Å². The van der Waals surface area contributed by atoms with Gasteiger partial charge < -0.3 is 34.4 Å². The van der Waals surface area contributed by atoms with Gasteiger partial charge >= 0.3 is 22.4 Å². The number of esters is 1. The lowest BCUT2D eigenvalue weighted by molar-refractivity contribution is -0.179. The zero-order valence-corrected chi connectivity index (χ0v) is 35.8. The van der Waals surface area contributed by atoms with Crippen molar-refractivity contribution in [2.24, 2.45) is 11.1 Å². The van der Waals surface area contributed by atoms with Crippen LogP contribution in [0.2, 0.25) is 25.7 Å². The standard InChI is InChI=1S/C33H54N6O13S2Si/c1-31(2,3)50-28(43)33(7,8)52-38-23(21-17-53-29(35-21)37-30(44)51-32(4,5)6)26(41)36-24-22(39(27(24)42)54(45,46)47)15-19-14-20(34-25(19)40)16-49-18-48-12-13-55(9,10)11/h17,19-20,22,24H,12-16,18H2,1-11H3,(H,34,40)(H,36,41)(H,35,37,44)(H,45,46,47)/b38-23-/t19-,20?,22+,24-/m0/s1. The summed E-state index contributed by atoms with van der Waals surface area (Å²) in [4.78, 5) is 74.9. The Labute approximate surface area is 326 Å². The molecule has 310 valence electrons. The molecule has 0 radical (unpaired) electrons. The maximum Gasteiger partial charge on any atom is 0.413 e. The van der Waals surface area contributed by atoms with Gasteiger partial charge in [-0.1, -0.05) is 24.8 Å². The molecule has 55 heavy (non-hydrogen) atoms. The lowest BCUT2D eigenvalue weighted by atomic mass is 9.87. The van der Waals surface area contributed by atoms with E-state index in [1.165, 1.54) is 19.2 Å². The minimum Gasteiger partial charge on any atom is -0.457 e. The third-order valence-corrected chi connectivity index (χ3v) is 11.2. The highest BCUT2D eigenvalue weighted by atomic mass is 32.2. The van der Waals surface area contributed by atoms with E-state index in [0.717, 1.165) is 17.4 Å². The molecule has 0 spiro atoms. The normalized spacial score (nSPS) is 21.1. The molecule has 1 aromatic heterocycles. The molecular weight excluding hydrogens is 781 g/mol. The first kappa shape index (κ1) is 45.7. The lowest BCUT2D eigenvalue weighted by Crippen LogP contribution is -2.72. The third-order valence-electron chi connectivity index (χ3n) is 7.82. The van der Waals surface area contributed by atoms with Crippen LogP contribution >= 0.6 is 11.3 Å². The zero-order valence-electron chi connectivity index (χ0n) is 33.1. The van der Waals surface area contributed by atoms with Crippen molar-refractivity contribution in [3.8, 4) is 0 Å². The highest BCUT2D eigenvalue weighted by Crippen LogP contribution is 2.33. The summed E-state index contributed by atoms with van der Waals surface area (Å²) in [5.74, 6) is -4.33. The summed E-state index contributed by atoms with van der Waals surface area (Å²) >= 11 is 0.893. The number of thiazole rings is 1. The van der Waals surface area contributed by atoms with E-state index in [-0.39, 0.29) is 41.4 Å². The molecular formula is C33H54N6O13S2Si. The maximum atomic E-state index is 13.9. The average Bonchev–Trinajstić information content (AvgIpc) is 3.59. The summed E-state index contributed by atoms with van der Waals surface area (Å²) in [5, 5.41) is 12.9. The monoisotopic (exact) mass is 834 g/mol. The summed E-state index contributed by atoms with van der Waals surface area (Å²) in [6.45, 7) is 20.0. The molecule has 22 heteroatoms. The molecule has 0 aromatic carbocycles. The van der Waals surface area contributed by atoms with Gasteiger partial charge in [-0.25, -0.2) is 18.9 Å². The number of carbonyl (C=O) groups excluding carboxylic acids is 5. The van der Waals surface area contributed by atoms with Gasteiger partial charge in [-0.3, -0.25) is 24.3 Å². The predicted octanol–water partition coefficient (Wildman–Crippen LogP) is 3.05. The number of amides is 4. The molecule has 2 fully saturated rings. The topological polar surface area (TPSA) is 250 Å². The molecule has 4 amide bonds. The molecule has 2 saturated heterocycles. The van der Waals surface area contributed by atoms with Gasteiger partial charge in [0.2, 0.25) is 11.5 Å². The van der Waals surface area contributed by atoms with Gasteiger partial charge in [-0.05, 0) is 74.3 Å². The number of nitrogens with zero attached hydrogens (tertiary/aromatic N) is 3. The second-order valence-corrected chi connectivity index (χ2v) is 24.7. The van der Waals surface area contributed by atoms with Crippen LogP contribution in [-0.2, 0) is 53.3 Å². The van der Waals surface area contributed by atoms with Crippen LogP contribution in [0.25, 0.3) is 0 Å². The number of hydrogen-bond acceptors (Lipinski definition) is 15. The van der Waals surface area contributed by atoms with E-state index in [4.69, 9.17) is 23.8 Å². The molecule has 1 aromatic rings. The second kappa shape index (κ2) is 17.6. The second-order valence-electron chi connectivity index (χ2n) is 16.9. The van der Waals surface area contributed by atoms with E-state index in [1.807, 2.05) is 0 Å². The van der Waals surface area contributed by atoms with Gasteiger partial charge in [0.1, 0.15) is 29.7 Å². The van der Waals surface area contributed by atoms with Crippen molar-refractivity contribution in [3.63, 3.8) is 0 Å². The Kier molecular flexibility index (Phi) is 14.6. The zero-order chi connectivity index (χ0) is 41.7. The molecule has 1 unspecified atom stereocenters. The van der Waals surface area contributed by atoms with Gasteiger partial charge in [0.05, 0.1) is 18.7 Å². The Morgan fingerprint density at radius 1 is 1.05 bits per heavy atom. The summed E-state index contributed by atoms with van der Waals surface area (Å²) in [5.41, 5.74) is -4.17. The van der Waals surface area contributed by atoms with E-state index in [1.54, 1.807) is 41.5 Å². The molecule has 19 nitrogen and oxygen atoms in total. The van der Waals surface area contributed by atoms with Crippen molar-refractivity contribution in [1.29, 1.82) is 0 Å². The van der Waals surface area contributed by atoms with Gasteiger partial charge in [-0.15, -0.1) is 11.3 Å². The first-order valence-electron chi connectivity index (χ1n) is 17.6. The molecule has 3 rings (SSSR count). The van der Waals surface area contributed by atoms with Gasteiger partial charge in [0, 0.05) is 26.0 Å². The Balaban J connectivity index is 1.81. The molecule has 3 heterocycles. The molecule has 2 aliphatic rings. The number of ether oxygens (including phenoxy) is 4. The molecule has 4 N–H and O–H groups in total. The smallest absolute Gasteiger partial charge is 0.413 e. The Morgan fingerprint density at radius 2 is 1.69 bits per heavy atom. The van der Waals surface area contributed by atoms with E-state index in [2.05, 4.69) is 45.7 Å². The first-order chi connectivity index (χ1) is 25.1. The summed E-state index contributed by atoms with van der Waals surface area (Å²) < 4.78 is 56.3. The van der Waals surface area contributed by atoms with Crippen LogP contribution in [-0.4, -0.2) is 121 Å². The Morgan fingerprint density at radius 3 is 2.27 bits per heavy atom. The fourth-order valence-electron chi connectivity index (χ4n) is 5.16. The van der Waals surface area contributed by atoms with Crippen molar-refractivity contribution in [1.82, 2.24) is 19.9 Å². The van der Waals surface area contributed by atoms with Crippen molar-refractivity contribution in [2.75, 3.05) is 25.3 Å². The molecule has 2 aliphatic heterocycles. The number of carbonyl (C=O) groups is 5. The lowest BCUT2D eigenvalue weighted by Gasteiger charge is -2.45. The first-order valence-corrected chi connectivity index (χ1v) is 23.6. The highest BCUT2D eigenvalue weighted by molar-refractivity contribution is 7.84. The van der Waals surface area contributed by atoms with Crippen molar-refractivity contribution >= 4 is 70.3 Å². The quantitative estimate of drug-likeness (QED) is 0.0258. The van der Waals surface area contributed by atoms with Gasteiger partial charge in [-0.2, -0.15) is 8.42 Å². The number of nitrogens with one attached hydrogen (secondary N) is 3. The number of aromatic nitrogens is 1. The van der Waals surface area contributed by atoms with E-state index < -0.39 is 94.7 Å². The van der Waals surface area contributed by atoms with Crippen molar-refractivity contribution < 1.29 is 60.7 Å². The summed E-state index contributed by atoms with van der Waals surface area (Å²) in [6.07, 6.45) is -0.867. The number of β-lactam (4-membered cyclic amide) rings is 1. The van der Waals surface area contributed by atoms with Gasteiger partial charge in [0.25, 0.3) is 11.8 Å². The number of hydrogen-bond donors (Lipinski definition) is 4. The van der Waals surface area contributed by atoms with Crippen LogP contribution in [0.4, 0.5) is 9.93 Å². The van der Waals surface area contributed by atoms with Crippen LogP contribution in [0.5, 0.6) is 0 Å². The minimum atomic E-state index is -5.09. The van der Waals surface area contributed by atoms with Crippen molar-refractivity contribution in [2.45, 2.75) is 129 Å². The largest absolute Gasteiger partial charge is 0.457 e. The van der Waals surface area contributed by atoms with Crippen LogP contribution in [0.1, 0.15) is 73.9 Å². The number of oxime groups is 1. The minimum absolute atomic E-state index is 0.00444. The molecule has 4 atom stereocenters. The Hall–Kier alpha value is -3.70. The maximum absolute atomic E-state index is 13.9. The molecule has 0 saturated carbocycles. The van der Waals surface area contributed by atoms with E-state index in [9.17, 15) is 36.9 Å². The van der Waals surface area contributed by atoms with Gasteiger partial charge in [0.15, 0.2) is 10.8 Å². The molecule has 0 aliphatic carbocycles. The average molecular weight is 835 g/mol. The fraction of sp³-hybridized carbons (Fsp3) is 0.727. The molecule has 0 bridgehead atoms. The fourth-order valence-corrected chi connectivity index (χ4v) is 7.48.